The molecule has 4 aromatic carbocycles. The second-order valence-corrected chi connectivity index (χ2v) is 7.21. The van der Waals surface area contributed by atoms with Gasteiger partial charge in [0.15, 0.2) is 6.61 Å². The van der Waals surface area contributed by atoms with E-state index in [0.717, 1.165) is 10.8 Å². The Balaban J connectivity index is 1.47. The first-order valence-electron chi connectivity index (χ1n) is 10.5. The number of rotatable bonds is 8. The SMILES string of the molecule is COc1ccc(OCC(=O)N/N=C/c2c(OC(=O)c3ccccc3)ccc3ccccc23)cc1. The molecular weight excluding hydrogens is 432 g/mol. The van der Waals surface area contributed by atoms with E-state index in [-0.39, 0.29) is 6.61 Å². The third-order valence-electron chi connectivity index (χ3n) is 4.96. The van der Waals surface area contributed by atoms with E-state index < -0.39 is 11.9 Å². The summed E-state index contributed by atoms with van der Waals surface area (Å²) in [7, 11) is 1.57. The topological polar surface area (TPSA) is 86.2 Å². The highest BCUT2D eigenvalue weighted by Gasteiger charge is 2.13. The van der Waals surface area contributed by atoms with Gasteiger partial charge in [0.2, 0.25) is 0 Å². The van der Waals surface area contributed by atoms with Gasteiger partial charge in [0.25, 0.3) is 5.91 Å². The van der Waals surface area contributed by atoms with Gasteiger partial charge in [-0.25, -0.2) is 10.2 Å². The number of nitrogens with one attached hydrogen (secondary N) is 1. The van der Waals surface area contributed by atoms with Crippen LogP contribution < -0.4 is 19.6 Å². The van der Waals surface area contributed by atoms with E-state index in [2.05, 4.69) is 10.5 Å². The van der Waals surface area contributed by atoms with Gasteiger partial charge in [-0.1, -0.05) is 48.5 Å². The number of ether oxygens (including phenoxy) is 3. The van der Waals surface area contributed by atoms with Crippen LogP contribution in [0.15, 0.2) is 96.1 Å². The Hall–Kier alpha value is -4.65. The molecule has 0 unspecified atom stereocenters. The lowest BCUT2D eigenvalue weighted by Gasteiger charge is -2.10. The van der Waals surface area contributed by atoms with Crippen LogP contribution in [0.5, 0.6) is 17.2 Å². The quantitative estimate of drug-likeness (QED) is 0.182. The third-order valence-corrected chi connectivity index (χ3v) is 4.96. The van der Waals surface area contributed by atoms with Crippen molar-refractivity contribution in [1.29, 1.82) is 0 Å². The van der Waals surface area contributed by atoms with Crippen LogP contribution in [0.1, 0.15) is 15.9 Å². The van der Waals surface area contributed by atoms with Gasteiger partial charge in [0, 0.05) is 5.56 Å². The van der Waals surface area contributed by atoms with Crippen LogP contribution in [0.3, 0.4) is 0 Å². The number of fused-ring (bicyclic) bond motifs is 1. The van der Waals surface area contributed by atoms with Gasteiger partial charge in [-0.15, -0.1) is 0 Å². The fraction of sp³-hybridized carbons (Fsp3) is 0.0741. The number of nitrogens with zero attached hydrogens (tertiary/aromatic N) is 1. The first kappa shape index (κ1) is 22.5. The highest BCUT2D eigenvalue weighted by atomic mass is 16.5. The summed E-state index contributed by atoms with van der Waals surface area (Å²) in [5.41, 5.74) is 3.44. The van der Waals surface area contributed by atoms with Gasteiger partial charge in [0.05, 0.1) is 18.9 Å². The van der Waals surface area contributed by atoms with Crippen LogP contribution in [0.2, 0.25) is 0 Å². The van der Waals surface area contributed by atoms with Gasteiger partial charge in [-0.2, -0.15) is 5.10 Å². The van der Waals surface area contributed by atoms with Crippen molar-refractivity contribution in [2.75, 3.05) is 13.7 Å². The molecule has 0 aliphatic heterocycles. The zero-order chi connectivity index (χ0) is 23.8. The fourth-order valence-corrected chi connectivity index (χ4v) is 3.25. The summed E-state index contributed by atoms with van der Waals surface area (Å²) in [6, 6.07) is 26.8. The number of amides is 1. The molecule has 4 aromatic rings. The average molecular weight is 454 g/mol. The standard InChI is InChI=1S/C27H22N2O5/c1-32-21-12-14-22(15-13-21)33-18-26(30)29-28-17-24-23-10-6-5-7-19(23)11-16-25(24)34-27(31)20-8-3-2-4-9-20/h2-17H,18H2,1H3,(H,29,30)/b28-17+. The normalized spacial score (nSPS) is 10.7. The molecule has 34 heavy (non-hydrogen) atoms. The summed E-state index contributed by atoms with van der Waals surface area (Å²) >= 11 is 0. The molecule has 0 saturated heterocycles. The summed E-state index contributed by atoms with van der Waals surface area (Å²) in [5.74, 6) is 0.641. The Morgan fingerprint density at radius 2 is 1.56 bits per heavy atom. The van der Waals surface area contributed by atoms with Crippen LogP contribution in [0, 0.1) is 0 Å². The second kappa shape index (κ2) is 10.8. The van der Waals surface area contributed by atoms with Crippen molar-refractivity contribution in [2.24, 2.45) is 5.10 Å². The Kier molecular flexibility index (Phi) is 7.15. The van der Waals surface area contributed by atoms with Crippen molar-refractivity contribution in [3.05, 3.63) is 102 Å². The lowest BCUT2D eigenvalue weighted by molar-refractivity contribution is -0.123. The van der Waals surface area contributed by atoms with Crippen LogP contribution in [0.25, 0.3) is 10.8 Å². The average Bonchev–Trinajstić information content (AvgIpc) is 2.89. The van der Waals surface area contributed by atoms with Crippen molar-refractivity contribution in [1.82, 2.24) is 5.43 Å². The fourth-order valence-electron chi connectivity index (χ4n) is 3.25. The molecule has 4 rings (SSSR count). The minimum Gasteiger partial charge on any atom is -0.497 e. The maximum Gasteiger partial charge on any atom is 0.343 e. The largest absolute Gasteiger partial charge is 0.497 e. The molecule has 1 amide bonds. The van der Waals surface area contributed by atoms with Crippen LogP contribution in [0.4, 0.5) is 0 Å². The molecule has 170 valence electrons. The van der Waals surface area contributed by atoms with Crippen molar-refractivity contribution in [2.45, 2.75) is 0 Å². The molecule has 0 fully saturated rings. The number of hydrazone groups is 1. The van der Waals surface area contributed by atoms with E-state index in [1.165, 1.54) is 6.21 Å². The Morgan fingerprint density at radius 1 is 0.853 bits per heavy atom. The molecule has 0 atom stereocenters. The summed E-state index contributed by atoms with van der Waals surface area (Å²) in [6.45, 7) is -0.213. The molecule has 0 aliphatic rings. The van der Waals surface area contributed by atoms with Crippen LogP contribution in [-0.2, 0) is 4.79 Å². The van der Waals surface area contributed by atoms with Crippen LogP contribution in [-0.4, -0.2) is 31.8 Å². The van der Waals surface area contributed by atoms with Crippen molar-refractivity contribution >= 4 is 28.9 Å². The monoisotopic (exact) mass is 454 g/mol. The van der Waals surface area contributed by atoms with Gasteiger partial charge in [-0.3, -0.25) is 4.79 Å². The molecule has 7 nitrogen and oxygen atoms in total. The number of carbonyl (C=O) groups excluding carboxylic acids is 2. The summed E-state index contributed by atoms with van der Waals surface area (Å²) in [4.78, 5) is 24.8. The Morgan fingerprint density at radius 3 is 2.32 bits per heavy atom. The number of carbonyl (C=O) groups is 2. The Bertz CT molecular complexity index is 1320. The lowest BCUT2D eigenvalue weighted by Crippen LogP contribution is -2.24. The molecule has 0 spiro atoms. The van der Waals surface area contributed by atoms with E-state index >= 15 is 0 Å². The first-order chi connectivity index (χ1) is 16.6. The second-order valence-electron chi connectivity index (χ2n) is 7.21. The number of benzene rings is 4. The molecule has 0 bridgehead atoms. The minimum atomic E-state index is -0.484. The summed E-state index contributed by atoms with van der Waals surface area (Å²) in [5, 5.41) is 5.83. The maximum absolute atomic E-state index is 12.6. The Labute approximate surface area is 196 Å². The maximum atomic E-state index is 12.6. The van der Waals surface area contributed by atoms with E-state index in [0.29, 0.717) is 28.4 Å². The molecule has 0 radical (unpaired) electrons. The smallest absolute Gasteiger partial charge is 0.343 e. The highest BCUT2D eigenvalue weighted by Crippen LogP contribution is 2.27. The summed E-state index contributed by atoms with van der Waals surface area (Å²) < 4.78 is 16.2. The van der Waals surface area contributed by atoms with Gasteiger partial charge < -0.3 is 14.2 Å². The highest BCUT2D eigenvalue weighted by molar-refractivity contribution is 6.04. The van der Waals surface area contributed by atoms with E-state index in [1.54, 1.807) is 61.7 Å². The molecule has 0 aromatic heterocycles. The first-order valence-corrected chi connectivity index (χ1v) is 10.5. The predicted octanol–water partition coefficient (Wildman–Crippen LogP) is 4.60. The molecule has 0 saturated carbocycles. The van der Waals surface area contributed by atoms with Crippen molar-refractivity contribution in [3.8, 4) is 17.2 Å². The number of esters is 1. The van der Waals surface area contributed by atoms with Crippen molar-refractivity contribution < 1.29 is 23.8 Å². The van der Waals surface area contributed by atoms with Gasteiger partial charge in [-0.05, 0) is 53.2 Å². The molecule has 1 N–H and O–H groups in total. The molecule has 7 heteroatoms. The summed E-state index contributed by atoms with van der Waals surface area (Å²) in [6.07, 6.45) is 1.46. The zero-order valence-corrected chi connectivity index (χ0v) is 18.4. The van der Waals surface area contributed by atoms with Crippen molar-refractivity contribution in [3.63, 3.8) is 0 Å². The molecule has 0 heterocycles. The lowest BCUT2D eigenvalue weighted by atomic mass is 10.0. The van der Waals surface area contributed by atoms with E-state index in [4.69, 9.17) is 14.2 Å². The minimum absolute atomic E-state index is 0.213. The predicted molar refractivity (Wildman–Crippen MR) is 130 cm³/mol. The van der Waals surface area contributed by atoms with Crippen LogP contribution >= 0.6 is 0 Å². The number of methoxy groups -OCH3 is 1. The zero-order valence-electron chi connectivity index (χ0n) is 18.4. The number of hydrogen-bond acceptors (Lipinski definition) is 6. The van der Waals surface area contributed by atoms with E-state index in [1.807, 2.05) is 36.4 Å². The molecular formula is C27H22N2O5. The van der Waals surface area contributed by atoms with Gasteiger partial charge in [0.1, 0.15) is 17.2 Å². The van der Waals surface area contributed by atoms with E-state index in [9.17, 15) is 9.59 Å². The third kappa shape index (κ3) is 5.58. The number of hydrogen-bond donors (Lipinski definition) is 1. The molecule has 0 aliphatic carbocycles. The van der Waals surface area contributed by atoms with Gasteiger partial charge >= 0.3 is 5.97 Å².